The van der Waals surface area contributed by atoms with E-state index in [4.69, 9.17) is 14.3 Å². The first-order chi connectivity index (χ1) is 4.52. The van der Waals surface area contributed by atoms with E-state index >= 15 is 0 Å². The summed E-state index contributed by atoms with van der Waals surface area (Å²) < 4.78 is 15.5. The third kappa shape index (κ3) is 5.20. The van der Waals surface area contributed by atoms with Crippen LogP contribution < -0.4 is 0 Å². The third-order valence-electron chi connectivity index (χ3n) is 0.312. The first-order valence-electron chi connectivity index (χ1n) is 1.83. The van der Waals surface area contributed by atoms with Gasteiger partial charge in [0, 0.05) is 0 Å². The van der Waals surface area contributed by atoms with Gasteiger partial charge in [-0.15, -0.1) is 0 Å². The van der Waals surface area contributed by atoms with Gasteiger partial charge in [-0.3, -0.25) is 0 Å². The summed E-state index contributed by atoms with van der Waals surface area (Å²) in [5, 5.41) is 15.6. The second kappa shape index (κ2) is 3.97. The number of carbonyl (C=O) groups is 2. The zero-order chi connectivity index (χ0) is 8.15. The van der Waals surface area contributed by atoms with Gasteiger partial charge in [-0.05, 0) is 0 Å². The molecule has 0 aliphatic heterocycles. The SMILES string of the molecule is O=C(O)O[As](O)OC(=O)O. The zero-order valence-electron chi connectivity index (χ0n) is 4.42. The molecule has 0 amide bonds. The predicted octanol–water partition coefficient (Wildman–Crippen LogP) is -0.647. The minimum absolute atomic E-state index is 1.76. The minimum atomic E-state index is -3.58. The van der Waals surface area contributed by atoms with E-state index < -0.39 is 28.0 Å². The second-order valence-electron chi connectivity index (χ2n) is 0.952. The van der Waals surface area contributed by atoms with Crippen LogP contribution in [0.4, 0.5) is 9.59 Å². The van der Waals surface area contributed by atoms with Crippen molar-refractivity contribution < 1.29 is 31.3 Å². The van der Waals surface area contributed by atoms with Crippen LogP contribution in [0.1, 0.15) is 0 Å². The molecule has 8 heteroatoms. The van der Waals surface area contributed by atoms with Gasteiger partial charge in [0.2, 0.25) is 0 Å². The van der Waals surface area contributed by atoms with Crippen molar-refractivity contribution in [2.75, 3.05) is 0 Å². The molecule has 0 fully saturated rings. The van der Waals surface area contributed by atoms with Gasteiger partial charge in [0.1, 0.15) is 0 Å². The Bertz CT molecular complexity index is 127. The number of hydrogen-bond acceptors (Lipinski definition) is 5. The quantitative estimate of drug-likeness (QED) is 0.523. The van der Waals surface area contributed by atoms with Crippen LogP contribution in [0.3, 0.4) is 0 Å². The summed E-state index contributed by atoms with van der Waals surface area (Å²) in [4.78, 5) is 19.1. The topological polar surface area (TPSA) is 113 Å². The average molecular weight is 214 g/mol. The molecule has 0 aromatic carbocycles. The Hall–Kier alpha value is -0.942. The molecule has 0 aliphatic carbocycles. The molecule has 0 atom stereocenters. The van der Waals surface area contributed by atoms with E-state index in [0.717, 1.165) is 0 Å². The molecule has 0 saturated carbocycles. The van der Waals surface area contributed by atoms with Gasteiger partial charge in [-0.25, -0.2) is 0 Å². The van der Waals surface area contributed by atoms with Gasteiger partial charge in [0.25, 0.3) is 0 Å². The Labute approximate surface area is 60.1 Å². The van der Waals surface area contributed by atoms with Crippen LogP contribution in [0.2, 0.25) is 0 Å². The zero-order valence-corrected chi connectivity index (χ0v) is 6.30. The molecule has 0 unspecified atom stereocenters. The van der Waals surface area contributed by atoms with Crippen molar-refractivity contribution in [3.63, 3.8) is 0 Å². The van der Waals surface area contributed by atoms with Crippen LogP contribution in [0.5, 0.6) is 0 Å². The van der Waals surface area contributed by atoms with E-state index in [-0.39, 0.29) is 0 Å². The van der Waals surface area contributed by atoms with Crippen molar-refractivity contribution in [2.24, 2.45) is 0 Å². The molecule has 0 bridgehead atoms. The molecule has 10 heavy (non-hydrogen) atoms. The Kier molecular flexibility index (Phi) is 3.59. The van der Waals surface area contributed by atoms with Crippen molar-refractivity contribution in [1.29, 1.82) is 0 Å². The average Bonchev–Trinajstić information content (AvgIpc) is 1.58. The monoisotopic (exact) mass is 214 g/mol. The van der Waals surface area contributed by atoms with Gasteiger partial charge >= 0.3 is 59.3 Å². The van der Waals surface area contributed by atoms with Crippen LogP contribution in [-0.2, 0) is 7.45 Å². The predicted molar refractivity (Wildman–Crippen MR) is 26.2 cm³/mol. The van der Waals surface area contributed by atoms with Crippen molar-refractivity contribution in [3.8, 4) is 0 Å². The van der Waals surface area contributed by atoms with Gasteiger partial charge < -0.3 is 0 Å². The molecule has 0 saturated heterocycles. The van der Waals surface area contributed by atoms with E-state index in [9.17, 15) is 9.59 Å². The Morgan fingerprint density at radius 1 is 1.10 bits per heavy atom. The van der Waals surface area contributed by atoms with Gasteiger partial charge in [-0.1, -0.05) is 0 Å². The van der Waals surface area contributed by atoms with Gasteiger partial charge in [0.15, 0.2) is 0 Å². The fourth-order valence-electron chi connectivity index (χ4n) is 0.152. The standard InChI is InChI=1S/C2H3AsO7/c4-1(5)9-3(8)10-2(6)7/h8H,(H,4,5)(H,6,7). The normalized spacial score (nSPS) is 9.00. The second-order valence-corrected chi connectivity index (χ2v) is 2.72. The van der Waals surface area contributed by atoms with Gasteiger partial charge in [-0.2, -0.15) is 0 Å². The summed E-state index contributed by atoms with van der Waals surface area (Å²) >= 11 is -3.58. The molecule has 0 aliphatic rings. The van der Waals surface area contributed by atoms with E-state index in [1.807, 2.05) is 0 Å². The number of rotatable bonds is 2. The molecule has 3 N–H and O–H groups in total. The van der Waals surface area contributed by atoms with Crippen molar-refractivity contribution in [3.05, 3.63) is 0 Å². The molecule has 0 heterocycles. The summed E-state index contributed by atoms with van der Waals surface area (Å²) in [6, 6.07) is 0. The summed E-state index contributed by atoms with van der Waals surface area (Å²) in [7, 11) is 0. The third-order valence-corrected chi connectivity index (χ3v) is 1.62. The maximum absolute atomic E-state index is 9.57. The fourth-order valence-corrected chi connectivity index (χ4v) is 0.791. The van der Waals surface area contributed by atoms with E-state index in [1.54, 1.807) is 0 Å². The summed E-state index contributed by atoms with van der Waals surface area (Å²) in [5.41, 5.74) is 0. The van der Waals surface area contributed by atoms with Crippen LogP contribution >= 0.6 is 0 Å². The van der Waals surface area contributed by atoms with E-state index in [2.05, 4.69) is 7.45 Å². The molecule has 0 aromatic rings. The van der Waals surface area contributed by atoms with Gasteiger partial charge in [0.05, 0.1) is 0 Å². The Morgan fingerprint density at radius 2 is 1.40 bits per heavy atom. The molecule has 0 radical (unpaired) electrons. The van der Waals surface area contributed by atoms with Crippen LogP contribution in [0.25, 0.3) is 0 Å². The molecule has 0 spiro atoms. The summed E-state index contributed by atoms with van der Waals surface area (Å²) in [6.07, 6.45) is -3.52. The van der Waals surface area contributed by atoms with Crippen molar-refractivity contribution >= 4 is 28.0 Å². The van der Waals surface area contributed by atoms with E-state index in [0.29, 0.717) is 0 Å². The summed E-state index contributed by atoms with van der Waals surface area (Å²) in [6.45, 7) is 0. The van der Waals surface area contributed by atoms with Crippen molar-refractivity contribution in [2.45, 2.75) is 0 Å². The van der Waals surface area contributed by atoms with Crippen LogP contribution in [-0.4, -0.2) is 42.3 Å². The molecule has 0 rings (SSSR count). The molecule has 0 aromatic heterocycles. The summed E-state index contributed by atoms with van der Waals surface area (Å²) in [5.74, 6) is 0. The number of carboxylic acid groups (broad SMARTS) is 2. The van der Waals surface area contributed by atoms with Crippen molar-refractivity contribution in [1.82, 2.24) is 0 Å². The first-order valence-corrected chi connectivity index (χ1v) is 4.20. The Balaban J connectivity index is 3.53. The van der Waals surface area contributed by atoms with Crippen LogP contribution in [0, 0.1) is 0 Å². The molecular weight excluding hydrogens is 211 g/mol. The maximum atomic E-state index is 9.57. The fraction of sp³-hybridized carbons (Fsp3) is 0. The Morgan fingerprint density at radius 3 is 1.60 bits per heavy atom. The molecule has 58 valence electrons. The molecular formula is C2H3AsO7. The number of hydrogen-bond donors (Lipinski definition) is 3. The van der Waals surface area contributed by atoms with E-state index in [1.165, 1.54) is 0 Å². The van der Waals surface area contributed by atoms with Crippen LogP contribution in [0.15, 0.2) is 0 Å². The molecule has 7 nitrogen and oxygen atoms in total. The first kappa shape index (κ1) is 9.06.